The second kappa shape index (κ2) is 16.9. The van der Waals surface area contributed by atoms with E-state index in [2.05, 4.69) is 56.6 Å². The van der Waals surface area contributed by atoms with Crippen molar-refractivity contribution in [2.75, 3.05) is 12.3 Å². The third kappa shape index (κ3) is 10.5. The average molecular weight is 671 g/mol. The van der Waals surface area contributed by atoms with Crippen LogP contribution in [0.1, 0.15) is 125 Å². The third-order valence-corrected chi connectivity index (χ3v) is 11.9. The summed E-state index contributed by atoms with van der Waals surface area (Å²) in [4.78, 5) is 28.3. The third-order valence-electron chi connectivity index (χ3n) is 10.4. The number of carbonyl (C=O) groups is 1. The smallest absolute Gasteiger partial charge is 0.404 e. The first-order chi connectivity index (χ1) is 21.6. The van der Waals surface area contributed by atoms with Crippen LogP contribution < -0.4 is 21.2 Å². The second-order valence-corrected chi connectivity index (χ2v) is 16.7. The van der Waals surface area contributed by atoms with E-state index < -0.39 is 45.7 Å². The molecule has 6 atom stereocenters. The maximum absolute atomic E-state index is 13.8. The molecule has 264 valence electrons. The first-order valence-electron chi connectivity index (χ1n) is 17.4. The molecule has 1 saturated heterocycles. The molecule has 0 aromatic rings. The van der Waals surface area contributed by atoms with Gasteiger partial charge in [-0.3, -0.25) is 4.79 Å². The Morgan fingerprint density at radius 1 is 1.09 bits per heavy atom. The minimum Gasteiger partial charge on any atom is -0.404 e. The highest BCUT2D eigenvalue weighted by molar-refractivity contribution is 7.89. The van der Waals surface area contributed by atoms with E-state index in [0.717, 1.165) is 38.5 Å². The summed E-state index contributed by atoms with van der Waals surface area (Å²) in [5.41, 5.74) is 7.04. The normalized spacial score (nSPS) is 26.7. The number of guanidine groups is 1. The zero-order chi connectivity index (χ0) is 34.1. The van der Waals surface area contributed by atoms with Gasteiger partial charge >= 0.3 is 7.12 Å². The molecule has 15 heteroatoms. The summed E-state index contributed by atoms with van der Waals surface area (Å²) in [7, 11) is -4.39. The molecular weight excluding hydrogens is 611 g/mol. The van der Waals surface area contributed by atoms with Crippen molar-refractivity contribution in [3.63, 3.8) is 0 Å². The van der Waals surface area contributed by atoms with Crippen molar-refractivity contribution < 1.29 is 27.6 Å². The largest absolute Gasteiger partial charge is 0.481 e. The highest BCUT2D eigenvalue weighted by Gasteiger charge is 2.68. The van der Waals surface area contributed by atoms with Gasteiger partial charge in [0.15, 0.2) is 5.03 Å². The summed E-state index contributed by atoms with van der Waals surface area (Å²) in [5.74, 6) is -0.153. The summed E-state index contributed by atoms with van der Waals surface area (Å²) in [6.07, 6.45) is 11.2. The number of amides is 1. The molecule has 4 fully saturated rings. The van der Waals surface area contributed by atoms with Crippen molar-refractivity contribution in [2.24, 2.45) is 33.9 Å². The SMILES string of the molecule is CCCCCCCCCCS(=O)(=O)N[C@@H](CCCN=C(N)N[N+](=O)[O-])C(=O)N[C@@H](CC(C)C)B1O[C@@H]2C[C@@H]3C[C@@H](C3(C)C)[C@]2(C)O1. The van der Waals surface area contributed by atoms with Gasteiger partial charge in [0.05, 0.1) is 23.4 Å². The predicted octanol–water partition coefficient (Wildman–Crippen LogP) is 4.09. The van der Waals surface area contributed by atoms with E-state index in [9.17, 15) is 23.3 Å². The quantitative estimate of drug-likeness (QED) is 0.0348. The number of rotatable bonds is 21. The van der Waals surface area contributed by atoms with Crippen LogP contribution in [0.25, 0.3) is 0 Å². The Labute approximate surface area is 276 Å². The molecule has 5 N–H and O–H groups in total. The molecule has 0 aromatic heterocycles. The van der Waals surface area contributed by atoms with E-state index in [1.807, 2.05) is 0 Å². The van der Waals surface area contributed by atoms with Crippen molar-refractivity contribution in [3.05, 3.63) is 10.1 Å². The number of nitro groups is 1. The molecule has 1 aliphatic heterocycles. The topological polar surface area (TPSA) is 187 Å². The minimum atomic E-state index is -3.75. The number of unbranched alkanes of at least 4 members (excludes halogenated alkanes) is 7. The number of aliphatic imine (C=N–C) groups is 1. The van der Waals surface area contributed by atoms with Gasteiger partial charge in [0, 0.05) is 6.54 Å². The number of carbonyl (C=O) groups excluding carboxylic acids is 1. The summed E-state index contributed by atoms with van der Waals surface area (Å²) in [6.45, 7) is 13.1. The Morgan fingerprint density at radius 2 is 1.74 bits per heavy atom. The Hall–Kier alpha value is -1.97. The number of hydrogen-bond donors (Lipinski definition) is 4. The van der Waals surface area contributed by atoms with E-state index in [4.69, 9.17) is 15.0 Å². The number of hydrazine groups is 1. The Balaban J connectivity index is 1.65. The van der Waals surface area contributed by atoms with Gasteiger partial charge in [-0.1, -0.05) is 85.0 Å². The maximum atomic E-state index is 13.8. The van der Waals surface area contributed by atoms with Crippen LogP contribution in [-0.4, -0.2) is 68.4 Å². The van der Waals surface area contributed by atoms with Crippen molar-refractivity contribution >= 4 is 29.0 Å². The molecule has 0 spiro atoms. The molecule has 4 rings (SSSR count). The van der Waals surface area contributed by atoms with Crippen LogP contribution in [0, 0.1) is 33.3 Å². The van der Waals surface area contributed by atoms with Gasteiger partial charge in [-0.05, 0) is 68.6 Å². The van der Waals surface area contributed by atoms with Gasteiger partial charge in [-0.15, -0.1) is 0 Å². The number of nitrogens with one attached hydrogen (secondary N) is 3. The molecule has 4 aliphatic rings. The zero-order valence-electron chi connectivity index (χ0n) is 28.9. The lowest BCUT2D eigenvalue weighted by Crippen LogP contribution is -2.65. The molecule has 2 bridgehead atoms. The molecule has 13 nitrogen and oxygen atoms in total. The zero-order valence-corrected chi connectivity index (χ0v) is 29.7. The van der Waals surface area contributed by atoms with Gasteiger partial charge in [0.1, 0.15) is 6.04 Å². The number of nitrogens with two attached hydrogens (primary N) is 1. The summed E-state index contributed by atoms with van der Waals surface area (Å²) >= 11 is 0. The van der Waals surface area contributed by atoms with Crippen LogP contribution in [0.5, 0.6) is 0 Å². The van der Waals surface area contributed by atoms with Gasteiger partial charge in [0.25, 0.3) is 5.96 Å². The Kier molecular flexibility index (Phi) is 14.2. The van der Waals surface area contributed by atoms with Gasteiger partial charge in [0.2, 0.25) is 15.9 Å². The van der Waals surface area contributed by atoms with Crippen LogP contribution in [-0.2, 0) is 24.1 Å². The van der Waals surface area contributed by atoms with Gasteiger partial charge < -0.3 is 20.4 Å². The highest BCUT2D eigenvalue weighted by atomic mass is 32.2. The highest BCUT2D eigenvalue weighted by Crippen LogP contribution is 2.65. The molecule has 46 heavy (non-hydrogen) atoms. The average Bonchev–Trinajstić information content (AvgIpc) is 3.32. The minimum absolute atomic E-state index is 0.0436. The lowest BCUT2D eigenvalue weighted by molar-refractivity contribution is -0.525. The predicted molar refractivity (Wildman–Crippen MR) is 181 cm³/mol. The number of nitrogens with zero attached hydrogens (tertiary/aromatic N) is 2. The molecule has 3 saturated carbocycles. The summed E-state index contributed by atoms with van der Waals surface area (Å²) < 4.78 is 42.1. The van der Waals surface area contributed by atoms with Crippen LogP contribution in [0.15, 0.2) is 4.99 Å². The van der Waals surface area contributed by atoms with Crippen LogP contribution in [0.3, 0.4) is 0 Å². The van der Waals surface area contributed by atoms with Gasteiger partial charge in [-0.25, -0.2) is 28.2 Å². The number of hydrogen-bond acceptors (Lipinski definition) is 8. The fraction of sp³-hybridized carbons (Fsp3) is 0.935. The molecule has 0 radical (unpaired) electrons. The summed E-state index contributed by atoms with van der Waals surface area (Å²) in [5, 5.41) is 12.9. The molecule has 0 unspecified atom stereocenters. The Morgan fingerprint density at radius 3 is 2.35 bits per heavy atom. The van der Waals surface area contributed by atoms with Crippen molar-refractivity contribution in [1.29, 1.82) is 0 Å². The van der Waals surface area contributed by atoms with Crippen LogP contribution in [0.2, 0.25) is 0 Å². The summed E-state index contributed by atoms with van der Waals surface area (Å²) in [6, 6.07) is -1.06. The van der Waals surface area contributed by atoms with Crippen molar-refractivity contribution in [2.45, 2.75) is 149 Å². The molecule has 0 aromatic carbocycles. The molecule has 3 aliphatic carbocycles. The monoisotopic (exact) mass is 670 g/mol. The molecular formula is C31H59BN6O7S. The lowest BCUT2D eigenvalue weighted by atomic mass is 9.43. The second-order valence-electron chi connectivity index (χ2n) is 14.8. The van der Waals surface area contributed by atoms with Crippen LogP contribution >= 0.6 is 0 Å². The fourth-order valence-corrected chi connectivity index (χ4v) is 9.03. The fourth-order valence-electron chi connectivity index (χ4n) is 7.67. The standard InChI is InChI=1S/C31H59BN6O7S/c1-7-8-9-10-11-12-13-14-18-46(42,43)37-24(16-15-17-34-29(33)36-38(40)41)28(39)35-27(19-22(2)3)32-44-26-21-23-20-25(30(23,4)5)31(26,6)45-32/h22-27,37H,7-21H2,1-6H3,(H,35,39)(H3,33,34,36)/t23-,24-,25-,26+,27-,31-/m0/s1. The van der Waals surface area contributed by atoms with Crippen LogP contribution in [0.4, 0.5) is 0 Å². The van der Waals surface area contributed by atoms with Crippen molar-refractivity contribution in [3.8, 4) is 0 Å². The Bertz CT molecular complexity index is 1160. The van der Waals surface area contributed by atoms with Crippen molar-refractivity contribution in [1.82, 2.24) is 15.5 Å². The van der Waals surface area contributed by atoms with E-state index in [0.29, 0.717) is 24.7 Å². The van der Waals surface area contributed by atoms with E-state index >= 15 is 0 Å². The molecule has 1 amide bonds. The number of sulfonamides is 1. The van der Waals surface area contributed by atoms with Gasteiger partial charge in [-0.2, -0.15) is 0 Å². The maximum Gasteiger partial charge on any atom is 0.481 e. The molecule has 1 heterocycles. The van der Waals surface area contributed by atoms with E-state index in [1.165, 1.54) is 19.3 Å². The lowest BCUT2D eigenvalue weighted by Gasteiger charge is -2.64. The van der Waals surface area contributed by atoms with E-state index in [1.54, 1.807) is 5.43 Å². The van der Waals surface area contributed by atoms with E-state index in [-0.39, 0.29) is 48.5 Å². The first kappa shape index (κ1) is 38.5. The first-order valence-corrected chi connectivity index (χ1v) is 19.1.